The minimum atomic E-state index is -1.35. The lowest BCUT2D eigenvalue weighted by atomic mass is 10.3. The molecule has 0 bridgehead atoms. The van der Waals surface area contributed by atoms with E-state index in [4.69, 9.17) is 43.0 Å². The molecular formula is C30H59NO17. The van der Waals surface area contributed by atoms with Crippen LogP contribution >= 0.6 is 0 Å². The summed E-state index contributed by atoms with van der Waals surface area (Å²) in [6.07, 6.45) is -7.08. The van der Waals surface area contributed by atoms with E-state index in [2.05, 4.69) is 5.32 Å². The molecular weight excluding hydrogens is 646 g/mol. The van der Waals surface area contributed by atoms with Gasteiger partial charge in [0.05, 0.1) is 65.0 Å². The smallest absolute Gasteiger partial charge is 0.306 e. The van der Waals surface area contributed by atoms with Crippen molar-refractivity contribution < 1.29 is 82.6 Å². The molecule has 0 saturated carbocycles. The van der Waals surface area contributed by atoms with Crippen molar-refractivity contribution in [3.05, 3.63) is 0 Å². The van der Waals surface area contributed by atoms with Crippen molar-refractivity contribution in [2.24, 2.45) is 0 Å². The maximum atomic E-state index is 12.1. The molecule has 0 rings (SSSR count). The van der Waals surface area contributed by atoms with Gasteiger partial charge in [0.15, 0.2) is 18.9 Å². The lowest BCUT2D eigenvalue weighted by Gasteiger charge is -2.28. The van der Waals surface area contributed by atoms with E-state index >= 15 is 0 Å². The Morgan fingerprint density at radius 2 is 1.04 bits per heavy atom. The molecule has 0 aliphatic rings. The van der Waals surface area contributed by atoms with E-state index in [-0.39, 0.29) is 45.0 Å². The second-order valence-electron chi connectivity index (χ2n) is 9.04. The first-order valence-corrected chi connectivity index (χ1v) is 15.9. The van der Waals surface area contributed by atoms with Gasteiger partial charge in [0.2, 0.25) is 5.91 Å². The lowest BCUT2D eigenvalue weighted by molar-refractivity contribution is -0.254. The molecule has 0 heterocycles. The van der Waals surface area contributed by atoms with Gasteiger partial charge in [-0.05, 0) is 6.42 Å². The summed E-state index contributed by atoms with van der Waals surface area (Å²) in [4.78, 5) is 45.8. The van der Waals surface area contributed by atoms with E-state index in [0.29, 0.717) is 6.42 Å². The summed E-state index contributed by atoms with van der Waals surface area (Å²) in [5, 5.41) is 49.4. The minimum Gasteiger partial charge on any atom is -0.481 e. The van der Waals surface area contributed by atoms with Crippen LogP contribution in [-0.2, 0) is 57.1 Å². The number of aliphatic hydroxyl groups excluding tert-OH is 4. The summed E-state index contributed by atoms with van der Waals surface area (Å²) in [7, 11) is 2.66. The molecule has 0 aliphatic carbocycles. The number of carbonyl (C=O) groups is 4. The largest absolute Gasteiger partial charge is 0.481 e. The van der Waals surface area contributed by atoms with Gasteiger partial charge in [-0.3, -0.25) is 19.2 Å². The Hall–Kier alpha value is -2.52. The van der Waals surface area contributed by atoms with Gasteiger partial charge in [-0.15, -0.1) is 0 Å². The van der Waals surface area contributed by atoms with E-state index in [1.54, 1.807) is 6.92 Å². The molecule has 1 amide bonds. The van der Waals surface area contributed by atoms with Gasteiger partial charge in [-0.25, -0.2) is 0 Å². The van der Waals surface area contributed by atoms with E-state index in [9.17, 15) is 39.6 Å². The highest BCUT2D eigenvalue weighted by atomic mass is 16.7. The molecule has 48 heavy (non-hydrogen) atoms. The van der Waals surface area contributed by atoms with Crippen LogP contribution < -0.4 is 5.32 Å². The van der Waals surface area contributed by atoms with E-state index in [0.717, 1.165) is 0 Å². The molecule has 6 atom stereocenters. The quantitative estimate of drug-likeness (QED) is 0.0451. The zero-order valence-electron chi connectivity index (χ0n) is 29.3. The Morgan fingerprint density at radius 1 is 0.604 bits per heavy atom. The third-order valence-electron chi connectivity index (χ3n) is 5.59. The molecule has 286 valence electrons. The third kappa shape index (κ3) is 27.4. The number of amides is 1. The van der Waals surface area contributed by atoms with Crippen LogP contribution in [0, 0.1) is 0 Å². The number of hydrogen-bond acceptors (Lipinski definition) is 16. The highest BCUT2D eigenvalue weighted by Gasteiger charge is 2.25. The first kappa shape index (κ1) is 49.9. The maximum absolute atomic E-state index is 12.1. The molecule has 3 unspecified atom stereocenters. The number of ether oxygens (including phenoxy) is 8. The van der Waals surface area contributed by atoms with Crippen molar-refractivity contribution in [3.8, 4) is 0 Å². The molecule has 0 aliphatic heterocycles. The lowest BCUT2D eigenvalue weighted by Crippen LogP contribution is -2.40. The third-order valence-corrected chi connectivity index (χ3v) is 5.59. The van der Waals surface area contributed by atoms with Gasteiger partial charge in [0.25, 0.3) is 0 Å². The Kier molecular flexibility index (Phi) is 35.7. The number of nitrogens with one attached hydrogen (secondary N) is 1. The van der Waals surface area contributed by atoms with Crippen LogP contribution in [-0.4, -0.2) is 154 Å². The number of methoxy groups -OCH3 is 1. The number of carboxylic acids is 1. The zero-order chi connectivity index (χ0) is 37.3. The first-order valence-electron chi connectivity index (χ1n) is 15.9. The molecule has 0 aromatic rings. The number of esters is 2. The monoisotopic (exact) mass is 705 g/mol. The standard InChI is InChI=1S/C26H47NO17.2C2H6/c1-4-17(9-28)42-24(12-31)40-13-19(11-30)44-26(16-39-22(35)7-5-20(32)27-2)41-14-18(10-29)43-25(37-3)15-38-23(36)8-6-21(33)34;2*1-2/h17-19,24-26,28-31H,4-16H2,1-3H3,(H,27,32)(H,33,34);2*1-2H3/t17?,18?,19?,24-,25-,26-;;/m0../s1. The highest BCUT2D eigenvalue weighted by Crippen LogP contribution is 2.11. The molecule has 0 aromatic carbocycles. The van der Waals surface area contributed by atoms with E-state index < -0.39 is 94.5 Å². The second kappa shape index (κ2) is 34.3. The van der Waals surface area contributed by atoms with Crippen molar-refractivity contribution >= 4 is 23.8 Å². The Labute approximate surface area is 282 Å². The van der Waals surface area contributed by atoms with Crippen molar-refractivity contribution in [1.82, 2.24) is 5.32 Å². The zero-order valence-corrected chi connectivity index (χ0v) is 29.3. The van der Waals surface area contributed by atoms with Crippen molar-refractivity contribution in [1.29, 1.82) is 0 Å². The van der Waals surface area contributed by atoms with Crippen molar-refractivity contribution in [3.63, 3.8) is 0 Å². The molecule has 0 radical (unpaired) electrons. The van der Waals surface area contributed by atoms with Crippen LogP contribution in [0.1, 0.15) is 66.7 Å². The topological polar surface area (TPSA) is 255 Å². The van der Waals surface area contributed by atoms with Crippen LogP contribution in [0.15, 0.2) is 0 Å². The summed E-state index contributed by atoms with van der Waals surface area (Å²) >= 11 is 0. The number of aliphatic carboxylic acids is 1. The number of carboxylic acid groups (broad SMARTS) is 1. The predicted octanol–water partition coefficient (Wildman–Crippen LogP) is -0.291. The van der Waals surface area contributed by atoms with Crippen LogP contribution in [0.4, 0.5) is 0 Å². The van der Waals surface area contributed by atoms with E-state index in [1.165, 1.54) is 14.2 Å². The number of hydrogen-bond donors (Lipinski definition) is 6. The predicted molar refractivity (Wildman–Crippen MR) is 168 cm³/mol. The molecule has 0 aromatic heterocycles. The van der Waals surface area contributed by atoms with Gasteiger partial charge in [0.1, 0.15) is 25.4 Å². The summed E-state index contributed by atoms with van der Waals surface area (Å²) in [6, 6.07) is 0. The fourth-order valence-electron chi connectivity index (χ4n) is 3.05. The average Bonchev–Trinajstić information content (AvgIpc) is 3.12. The summed E-state index contributed by atoms with van der Waals surface area (Å²) in [5.41, 5.74) is 0. The summed E-state index contributed by atoms with van der Waals surface area (Å²) in [6.45, 7) is 6.11. The molecule has 0 fully saturated rings. The van der Waals surface area contributed by atoms with Crippen LogP contribution in [0.5, 0.6) is 0 Å². The Balaban J connectivity index is -0.00000486. The number of aliphatic hydroxyl groups is 4. The SMILES string of the molecule is CC.CC.CCC(CO)O[C@@H](CO)OCC(CO)O[C@@H](COC(=O)CCC(=O)NC)OCC(CO)O[C@@H](COC(=O)CCC(=O)O)OC. The second-order valence-corrected chi connectivity index (χ2v) is 9.04. The minimum absolute atomic E-state index is 0.121. The molecule has 0 spiro atoms. The first-order chi connectivity index (χ1) is 23.0. The van der Waals surface area contributed by atoms with Crippen molar-refractivity contribution in [2.75, 3.05) is 67.0 Å². The van der Waals surface area contributed by atoms with Gasteiger partial charge in [-0.2, -0.15) is 0 Å². The molecule has 18 heteroatoms. The Bertz CT molecular complexity index is 799. The maximum Gasteiger partial charge on any atom is 0.306 e. The van der Waals surface area contributed by atoms with Crippen LogP contribution in [0.3, 0.4) is 0 Å². The fourth-order valence-corrected chi connectivity index (χ4v) is 3.05. The van der Waals surface area contributed by atoms with Gasteiger partial charge >= 0.3 is 17.9 Å². The Morgan fingerprint density at radius 3 is 1.46 bits per heavy atom. The van der Waals surface area contributed by atoms with Gasteiger partial charge in [0, 0.05) is 20.6 Å². The van der Waals surface area contributed by atoms with E-state index in [1.807, 2.05) is 27.7 Å². The summed E-state index contributed by atoms with van der Waals surface area (Å²) < 4.78 is 42.8. The molecule has 18 nitrogen and oxygen atoms in total. The van der Waals surface area contributed by atoms with Gasteiger partial charge in [-0.1, -0.05) is 34.6 Å². The fraction of sp³-hybridized carbons (Fsp3) is 0.867. The average molecular weight is 706 g/mol. The highest BCUT2D eigenvalue weighted by molar-refractivity contribution is 5.81. The molecule has 6 N–H and O–H groups in total. The number of rotatable bonds is 28. The van der Waals surface area contributed by atoms with Crippen molar-refractivity contribution in [2.45, 2.75) is 104 Å². The number of carbonyl (C=O) groups excluding carboxylic acids is 3. The molecule has 0 saturated heterocycles. The summed E-state index contributed by atoms with van der Waals surface area (Å²) in [5.74, 6) is -3.09. The van der Waals surface area contributed by atoms with Gasteiger partial charge < -0.3 is 68.7 Å². The van der Waals surface area contributed by atoms with Crippen LogP contribution in [0.2, 0.25) is 0 Å². The normalized spacial score (nSPS) is 14.4. The van der Waals surface area contributed by atoms with Crippen LogP contribution in [0.25, 0.3) is 0 Å².